The van der Waals surface area contributed by atoms with E-state index in [0.717, 1.165) is 23.4 Å². The fourth-order valence-corrected chi connectivity index (χ4v) is 3.95. The van der Waals surface area contributed by atoms with E-state index >= 15 is 0 Å². The number of hydrogen-bond acceptors (Lipinski definition) is 5. The van der Waals surface area contributed by atoms with Crippen molar-refractivity contribution in [2.24, 2.45) is 5.92 Å². The molecule has 1 aliphatic rings. The summed E-state index contributed by atoms with van der Waals surface area (Å²) >= 11 is 1.58. The molecule has 0 unspecified atom stereocenters. The number of nitrogens with one attached hydrogen (secondary N) is 2. The number of amides is 1. The van der Waals surface area contributed by atoms with E-state index in [9.17, 15) is 14.4 Å². The number of aromatic nitrogens is 3. The van der Waals surface area contributed by atoms with Crippen LogP contribution in [-0.4, -0.2) is 26.7 Å². The first-order chi connectivity index (χ1) is 14.4. The van der Waals surface area contributed by atoms with E-state index in [4.69, 9.17) is 0 Å². The lowest BCUT2D eigenvalue weighted by atomic mass is 10.1. The van der Waals surface area contributed by atoms with Crippen LogP contribution in [-0.2, 0) is 6.54 Å². The SMILES string of the molecule is CSc1cccc(NC(=O)c2cc(C3CC3)nc3c2c(=O)[nH]c(=O)n3CC(C)C)c1. The van der Waals surface area contributed by atoms with Crippen molar-refractivity contribution < 1.29 is 4.79 Å². The lowest BCUT2D eigenvalue weighted by molar-refractivity contribution is 0.102. The minimum Gasteiger partial charge on any atom is -0.322 e. The second kappa shape index (κ2) is 8.10. The Morgan fingerprint density at radius 2 is 2.07 bits per heavy atom. The minimum atomic E-state index is -0.590. The second-order valence-electron chi connectivity index (χ2n) is 8.02. The minimum absolute atomic E-state index is 0.151. The number of hydrogen-bond donors (Lipinski definition) is 2. The molecule has 1 aromatic carbocycles. The van der Waals surface area contributed by atoms with Crippen molar-refractivity contribution >= 4 is 34.4 Å². The smallest absolute Gasteiger partial charge is 0.322 e. The van der Waals surface area contributed by atoms with Crippen LogP contribution in [0, 0.1) is 5.92 Å². The Kier molecular flexibility index (Phi) is 5.51. The van der Waals surface area contributed by atoms with E-state index in [2.05, 4.69) is 15.3 Å². The van der Waals surface area contributed by atoms with Crippen LogP contribution in [0.5, 0.6) is 0 Å². The Hall–Kier alpha value is -2.87. The summed E-state index contributed by atoms with van der Waals surface area (Å²) in [6, 6.07) is 9.22. The van der Waals surface area contributed by atoms with E-state index in [-0.39, 0.29) is 34.3 Å². The molecule has 1 fully saturated rings. The number of benzene rings is 1. The second-order valence-corrected chi connectivity index (χ2v) is 8.90. The normalized spacial score (nSPS) is 13.7. The summed E-state index contributed by atoms with van der Waals surface area (Å²) < 4.78 is 1.47. The van der Waals surface area contributed by atoms with Crippen LogP contribution in [0.2, 0.25) is 0 Å². The molecule has 7 nitrogen and oxygen atoms in total. The van der Waals surface area contributed by atoms with Gasteiger partial charge in [0.15, 0.2) is 5.65 Å². The third-order valence-corrected chi connectivity index (χ3v) is 5.81. The molecule has 0 bridgehead atoms. The van der Waals surface area contributed by atoms with Gasteiger partial charge >= 0.3 is 5.69 Å². The molecule has 1 aliphatic carbocycles. The van der Waals surface area contributed by atoms with Gasteiger partial charge in [-0.1, -0.05) is 19.9 Å². The third-order valence-electron chi connectivity index (χ3n) is 5.08. The van der Waals surface area contributed by atoms with Gasteiger partial charge in [0.2, 0.25) is 0 Å². The highest BCUT2D eigenvalue weighted by atomic mass is 32.2. The van der Waals surface area contributed by atoms with Gasteiger partial charge in [-0.25, -0.2) is 9.78 Å². The standard InChI is InChI=1S/C22H24N4O3S/c1-12(2)11-26-19-18(21(28)25-22(26)29)16(10-17(24-19)13-7-8-13)20(27)23-14-5-4-6-15(9-14)30-3/h4-6,9-10,12-13H,7-8,11H2,1-3H3,(H,23,27)(H,25,28,29). The number of carbonyl (C=O) groups excluding carboxylic acids is 1. The van der Waals surface area contributed by atoms with Crippen molar-refractivity contribution in [2.75, 3.05) is 11.6 Å². The summed E-state index contributed by atoms with van der Waals surface area (Å²) in [4.78, 5) is 46.5. The van der Waals surface area contributed by atoms with Crippen LogP contribution in [0.25, 0.3) is 11.0 Å². The fraction of sp³-hybridized carbons (Fsp3) is 0.364. The van der Waals surface area contributed by atoms with Crippen molar-refractivity contribution in [3.05, 3.63) is 62.4 Å². The molecular weight excluding hydrogens is 400 g/mol. The largest absolute Gasteiger partial charge is 0.330 e. The van der Waals surface area contributed by atoms with Crippen LogP contribution in [0.3, 0.4) is 0 Å². The number of anilines is 1. The number of aromatic amines is 1. The average molecular weight is 425 g/mol. The van der Waals surface area contributed by atoms with Crippen molar-refractivity contribution in [1.82, 2.24) is 14.5 Å². The summed E-state index contributed by atoms with van der Waals surface area (Å²) in [5.41, 5.74) is 0.846. The Balaban J connectivity index is 1.88. The predicted octanol–water partition coefficient (Wildman–Crippen LogP) is 3.59. The Morgan fingerprint density at radius 3 is 2.73 bits per heavy atom. The summed E-state index contributed by atoms with van der Waals surface area (Å²) in [5.74, 6) is 0.0557. The monoisotopic (exact) mass is 424 g/mol. The van der Waals surface area contributed by atoms with E-state index in [1.54, 1.807) is 17.8 Å². The van der Waals surface area contributed by atoms with Crippen molar-refractivity contribution in [3.63, 3.8) is 0 Å². The van der Waals surface area contributed by atoms with Crippen LogP contribution in [0.1, 0.15) is 48.7 Å². The van der Waals surface area contributed by atoms with Crippen LogP contribution in [0.15, 0.2) is 44.8 Å². The van der Waals surface area contributed by atoms with Gasteiger partial charge in [0, 0.05) is 28.7 Å². The number of pyridine rings is 1. The molecule has 0 aliphatic heterocycles. The molecule has 0 saturated heterocycles. The highest BCUT2D eigenvalue weighted by Gasteiger charge is 2.29. The zero-order valence-corrected chi connectivity index (χ0v) is 18.0. The van der Waals surface area contributed by atoms with Gasteiger partial charge in [0.25, 0.3) is 11.5 Å². The van der Waals surface area contributed by atoms with Crippen molar-refractivity contribution in [3.8, 4) is 0 Å². The van der Waals surface area contributed by atoms with Gasteiger partial charge in [-0.3, -0.25) is 19.1 Å². The lowest BCUT2D eigenvalue weighted by Gasteiger charge is -2.15. The van der Waals surface area contributed by atoms with Gasteiger partial charge in [-0.05, 0) is 49.3 Å². The van der Waals surface area contributed by atoms with E-state index in [1.807, 2.05) is 44.4 Å². The van der Waals surface area contributed by atoms with Crippen LogP contribution in [0.4, 0.5) is 5.69 Å². The number of fused-ring (bicyclic) bond motifs is 1. The summed E-state index contributed by atoms with van der Waals surface area (Å²) in [6.07, 6.45) is 3.95. The zero-order valence-electron chi connectivity index (χ0n) is 17.2. The molecule has 2 aromatic heterocycles. The van der Waals surface area contributed by atoms with Gasteiger partial charge in [-0.15, -0.1) is 11.8 Å². The Bertz CT molecular complexity index is 1240. The Morgan fingerprint density at radius 1 is 1.30 bits per heavy atom. The van der Waals surface area contributed by atoms with Crippen molar-refractivity contribution in [2.45, 2.75) is 44.0 Å². The van der Waals surface area contributed by atoms with Gasteiger partial charge in [-0.2, -0.15) is 0 Å². The molecule has 156 valence electrons. The molecule has 0 radical (unpaired) electrons. The quantitative estimate of drug-likeness (QED) is 0.590. The highest BCUT2D eigenvalue weighted by Crippen LogP contribution is 2.40. The molecule has 3 aromatic rings. The molecule has 1 saturated carbocycles. The van der Waals surface area contributed by atoms with E-state index in [1.165, 1.54) is 4.57 Å². The van der Waals surface area contributed by atoms with E-state index in [0.29, 0.717) is 12.2 Å². The average Bonchev–Trinajstić information content (AvgIpc) is 3.55. The summed E-state index contributed by atoms with van der Waals surface area (Å²) in [6.45, 7) is 4.38. The molecule has 30 heavy (non-hydrogen) atoms. The lowest BCUT2D eigenvalue weighted by Crippen LogP contribution is -2.33. The van der Waals surface area contributed by atoms with Crippen molar-refractivity contribution in [1.29, 1.82) is 0 Å². The number of carbonyl (C=O) groups is 1. The van der Waals surface area contributed by atoms with E-state index < -0.39 is 11.2 Å². The van der Waals surface area contributed by atoms with Gasteiger partial charge < -0.3 is 5.32 Å². The summed E-state index contributed by atoms with van der Waals surface area (Å²) in [5, 5.41) is 3.04. The number of rotatable bonds is 6. The molecular formula is C22H24N4O3S. The molecule has 1 amide bonds. The summed E-state index contributed by atoms with van der Waals surface area (Å²) in [7, 11) is 0. The number of H-pyrrole nitrogens is 1. The first-order valence-electron chi connectivity index (χ1n) is 10.0. The topological polar surface area (TPSA) is 96.8 Å². The molecule has 0 atom stereocenters. The molecule has 0 spiro atoms. The molecule has 2 N–H and O–H groups in total. The first kappa shape index (κ1) is 20.4. The maximum Gasteiger partial charge on any atom is 0.330 e. The fourth-order valence-electron chi connectivity index (χ4n) is 3.49. The molecule has 2 heterocycles. The third kappa shape index (κ3) is 4.05. The van der Waals surface area contributed by atoms with Gasteiger partial charge in [0.05, 0.1) is 10.9 Å². The predicted molar refractivity (Wildman–Crippen MR) is 120 cm³/mol. The van der Waals surface area contributed by atoms with Crippen LogP contribution < -0.4 is 16.6 Å². The number of nitrogens with zero attached hydrogens (tertiary/aromatic N) is 2. The van der Waals surface area contributed by atoms with Gasteiger partial charge in [0.1, 0.15) is 0 Å². The first-order valence-corrected chi connectivity index (χ1v) is 11.2. The van der Waals surface area contributed by atoms with Crippen LogP contribution >= 0.6 is 11.8 Å². The Labute approximate surface area is 177 Å². The maximum absolute atomic E-state index is 13.2. The molecule has 8 heteroatoms. The highest BCUT2D eigenvalue weighted by molar-refractivity contribution is 7.98. The molecule has 4 rings (SSSR count). The zero-order chi connectivity index (χ0) is 21.4. The maximum atomic E-state index is 13.2. The number of thioether (sulfide) groups is 1.